The van der Waals surface area contributed by atoms with Crippen molar-refractivity contribution >= 4 is 17.3 Å². The molecular weight excluding hydrogens is 170 g/mol. The second kappa shape index (κ2) is 5.32. The van der Waals surface area contributed by atoms with Gasteiger partial charge in [-0.15, -0.1) is 0 Å². The maximum atomic E-state index is 5.09. The lowest BCUT2D eigenvalue weighted by atomic mass is 10.1. The fourth-order valence-electron chi connectivity index (χ4n) is 1.36. The second-order valence-corrected chi connectivity index (χ2v) is 3.44. The molecule has 0 bridgehead atoms. The monoisotopic (exact) mass is 187 g/mol. The van der Waals surface area contributed by atoms with Crippen molar-refractivity contribution in [3.05, 3.63) is 0 Å². The molecule has 1 aliphatic rings. The van der Waals surface area contributed by atoms with Crippen LogP contribution in [0.5, 0.6) is 0 Å². The lowest BCUT2D eigenvalue weighted by Crippen LogP contribution is -2.46. The van der Waals surface area contributed by atoms with E-state index in [1.807, 2.05) is 0 Å². The Morgan fingerprint density at radius 2 is 2.17 bits per heavy atom. The molecule has 0 spiro atoms. The Bertz CT molecular complexity index is 143. The Morgan fingerprint density at radius 3 is 2.75 bits per heavy atom. The molecule has 1 fully saturated rings. The second-order valence-electron chi connectivity index (χ2n) is 3.03. The van der Waals surface area contributed by atoms with Gasteiger partial charge in [0.25, 0.3) is 0 Å². The summed E-state index contributed by atoms with van der Waals surface area (Å²) in [6.45, 7) is 5.16. The van der Waals surface area contributed by atoms with Crippen LogP contribution in [0.3, 0.4) is 0 Å². The number of nitrogens with one attached hydrogen (secondary N) is 3. The van der Waals surface area contributed by atoms with Crippen LogP contribution in [0.15, 0.2) is 0 Å². The van der Waals surface area contributed by atoms with E-state index < -0.39 is 0 Å². The van der Waals surface area contributed by atoms with Crippen molar-refractivity contribution in [1.82, 2.24) is 16.0 Å². The summed E-state index contributed by atoms with van der Waals surface area (Å²) in [6.07, 6.45) is 2.34. The van der Waals surface area contributed by atoms with Crippen molar-refractivity contribution in [1.29, 1.82) is 0 Å². The Labute approximate surface area is 79.3 Å². The van der Waals surface area contributed by atoms with Gasteiger partial charge in [-0.05, 0) is 45.1 Å². The van der Waals surface area contributed by atoms with Gasteiger partial charge in [0.2, 0.25) is 0 Å². The Kier molecular flexibility index (Phi) is 4.32. The first-order chi connectivity index (χ1) is 5.83. The van der Waals surface area contributed by atoms with Crippen molar-refractivity contribution in [3.8, 4) is 0 Å². The molecule has 12 heavy (non-hydrogen) atoms. The predicted octanol–water partition coefficient (Wildman–Crippen LogP) is 0.222. The molecule has 0 aliphatic carbocycles. The number of thiocarbonyl (C=S) groups is 1. The molecule has 3 nitrogen and oxygen atoms in total. The van der Waals surface area contributed by atoms with Crippen molar-refractivity contribution in [2.24, 2.45) is 0 Å². The summed E-state index contributed by atoms with van der Waals surface area (Å²) >= 11 is 5.09. The predicted molar refractivity (Wildman–Crippen MR) is 55.3 cm³/mol. The molecule has 0 radical (unpaired) electrons. The van der Waals surface area contributed by atoms with E-state index in [1.54, 1.807) is 0 Å². The van der Waals surface area contributed by atoms with E-state index in [0.717, 1.165) is 24.7 Å². The van der Waals surface area contributed by atoms with Gasteiger partial charge in [0.05, 0.1) is 0 Å². The van der Waals surface area contributed by atoms with E-state index >= 15 is 0 Å². The lowest BCUT2D eigenvalue weighted by Gasteiger charge is -2.24. The van der Waals surface area contributed by atoms with Crippen LogP contribution in [0.4, 0.5) is 0 Å². The zero-order valence-corrected chi connectivity index (χ0v) is 8.34. The minimum atomic E-state index is 0.567. The molecule has 0 atom stereocenters. The highest BCUT2D eigenvalue weighted by atomic mass is 32.1. The van der Waals surface area contributed by atoms with Gasteiger partial charge in [-0.1, -0.05) is 0 Å². The summed E-state index contributed by atoms with van der Waals surface area (Å²) in [5, 5.41) is 10.5. The molecule has 0 aromatic heterocycles. The molecule has 1 saturated heterocycles. The van der Waals surface area contributed by atoms with E-state index in [9.17, 15) is 0 Å². The van der Waals surface area contributed by atoms with Gasteiger partial charge < -0.3 is 16.0 Å². The van der Waals surface area contributed by atoms with Crippen LogP contribution in [-0.4, -0.2) is 30.8 Å². The van der Waals surface area contributed by atoms with Crippen molar-refractivity contribution < 1.29 is 0 Å². The number of hydrogen-bond donors (Lipinski definition) is 3. The molecule has 1 aliphatic heterocycles. The average Bonchev–Trinajstić information content (AvgIpc) is 2.06. The molecule has 0 aromatic rings. The number of hydrogen-bond acceptors (Lipinski definition) is 2. The molecular formula is C8H17N3S. The molecule has 1 rings (SSSR count). The quantitative estimate of drug-likeness (QED) is 0.541. The number of piperidine rings is 1. The van der Waals surface area contributed by atoms with Crippen LogP contribution in [0, 0.1) is 0 Å². The van der Waals surface area contributed by atoms with Gasteiger partial charge >= 0.3 is 0 Å². The summed E-state index contributed by atoms with van der Waals surface area (Å²) in [6, 6.07) is 0.567. The molecule has 0 aromatic carbocycles. The van der Waals surface area contributed by atoms with Crippen LogP contribution in [0.2, 0.25) is 0 Å². The maximum absolute atomic E-state index is 5.09. The minimum Gasteiger partial charge on any atom is -0.363 e. The van der Waals surface area contributed by atoms with Gasteiger partial charge in [0.15, 0.2) is 5.11 Å². The zero-order valence-electron chi connectivity index (χ0n) is 7.52. The van der Waals surface area contributed by atoms with E-state index in [0.29, 0.717) is 6.04 Å². The Morgan fingerprint density at radius 1 is 1.50 bits per heavy atom. The van der Waals surface area contributed by atoms with E-state index in [-0.39, 0.29) is 0 Å². The lowest BCUT2D eigenvalue weighted by molar-refractivity contribution is 0.428. The van der Waals surface area contributed by atoms with Crippen LogP contribution in [-0.2, 0) is 0 Å². The average molecular weight is 187 g/mol. The first-order valence-corrected chi connectivity index (χ1v) is 4.99. The minimum absolute atomic E-state index is 0.567. The van der Waals surface area contributed by atoms with Crippen molar-refractivity contribution in [2.45, 2.75) is 25.8 Å². The summed E-state index contributed by atoms with van der Waals surface area (Å²) in [5.41, 5.74) is 0. The van der Waals surface area contributed by atoms with Crippen LogP contribution in [0.25, 0.3) is 0 Å². The molecule has 4 heteroatoms. The molecule has 3 N–H and O–H groups in total. The van der Waals surface area contributed by atoms with Crippen LogP contribution >= 0.6 is 12.2 Å². The first kappa shape index (κ1) is 9.74. The van der Waals surface area contributed by atoms with Gasteiger partial charge in [-0.25, -0.2) is 0 Å². The van der Waals surface area contributed by atoms with Gasteiger partial charge in [0.1, 0.15) is 0 Å². The summed E-state index contributed by atoms with van der Waals surface area (Å²) in [7, 11) is 0. The summed E-state index contributed by atoms with van der Waals surface area (Å²) < 4.78 is 0. The largest absolute Gasteiger partial charge is 0.363 e. The SMILES string of the molecule is CCNC(=S)NC1CCNCC1. The van der Waals surface area contributed by atoms with Crippen molar-refractivity contribution in [2.75, 3.05) is 19.6 Å². The Hall–Kier alpha value is -0.350. The smallest absolute Gasteiger partial charge is 0.166 e. The Balaban J connectivity index is 2.15. The molecule has 0 unspecified atom stereocenters. The first-order valence-electron chi connectivity index (χ1n) is 4.58. The fourth-order valence-corrected chi connectivity index (χ4v) is 1.67. The highest BCUT2D eigenvalue weighted by Crippen LogP contribution is 2.00. The third-order valence-electron chi connectivity index (χ3n) is 2.01. The molecule has 70 valence electrons. The topological polar surface area (TPSA) is 36.1 Å². The van der Waals surface area contributed by atoms with Crippen LogP contribution < -0.4 is 16.0 Å². The molecule has 0 amide bonds. The van der Waals surface area contributed by atoms with E-state index in [1.165, 1.54) is 12.8 Å². The highest BCUT2D eigenvalue weighted by molar-refractivity contribution is 7.80. The maximum Gasteiger partial charge on any atom is 0.166 e. The summed E-state index contributed by atoms with van der Waals surface area (Å²) in [5.74, 6) is 0. The third kappa shape index (κ3) is 3.36. The van der Waals surface area contributed by atoms with Gasteiger partial charge in [-0.3, -0.25) is 0 Å². The molecule has 0 saturated carbocycles. The third-order valence-corrected chi connectivity index (χ3v) is 2.27. The standard InChI is InChI=1S/C8H17N3S/c1-2-10-8(12)11-7-3-5-9-6-4-7/h7,9H,2-6H2,1H3,(H2,10,11,12). The highest BCUT2D eigenvalue weighted by Gasteiger charge is 2.12. The molecule has 1 heterocycles. The van der Waals surface area contributed by atoms with E-state index in [2.05, 4.69) is 22.9 Å². The van der Waals surface area contributed by atoms with Crippen LogP contribution in [0.1, 0.15) is 19.8 Å². The fraction of sp³-hybridized carbons (Fsp3) is 0.875. The normalized spacial score (nSPS) is 18.8. The van der Waals surface area contributed by atoms with Crippen molar-refractivity contribution in [3.63, 3.8) is 0 Å². The zero-order chi connectivity index (χ0) is 8.81. The van der Waals surface area contributed by atoms with E-state index in [4.69, 9.17) is 12.2 Å². The number of rotatable bonds is 2. The van der Waals surface area contributed by atoms with Gasteiger partial charge in [-0.2, -0.15) is 0 Å². The summed E-state index contributed by atoms with van der Waals surface area (Å²) in [4.78, 5) is 0. The van der Waals surface area contributed by atoms with Gasteiger partial charge in [0, 0.05) is 12.6 Å².